The molecule has 0 saturated heterocycles. The van der Waals surface area contributed by atoms with Gasteiger partial charge in [-0.1, -0.05) is 26.0 Å². The van der Waals surface area contributed by atoms with Crippen molar-refractivity contribution in [2.75, 3.05) is 0 Å². The number of ether oxygens (including phenoxy) is 1. The Labute approximate surface area is 154 Å². The molecule has 0 heterocycles. The van der Waals surface area contributed by atoms with Crippen LogP contribution in [0.1, 0.15) is 65.7 Å². The fourth-order valence-electron chi connectivity index (χ4n) is 8.40. The highest BCUT2D eigenvalue weighted by atomic mass is 19.3. The Kier molecular flexibility index (Phi) is 3.25. The second-order valence-electron chi connectivity index (χ2n) is 10.2. The van der Waals surface area contributed by atoms with Crippen LogP contribution in [0.4, 0.5) is 8.78 Å². The number of hydrogen-bond donors (Lipinski definition) is 0. The van der Waals surface area contributed by atoms with Crippen molar-refractivity contribution in [3.05, 3.63) is 12.2 Å². The van der Waals surface area contributed by atoms with E-state index in [9.17, 15) is 4.79 Å². The Morgan fingerprint density at radius 1 is 1.12 bits per heavy atom. The number of esters is 1. The number of allylic oxidation sites excluding steroid dienone is 2. The Morgan fingerprint density at radius 3 is 2.62 bits per heavy atom. The number of alkyl halides is 2. The molecule has 0 amide bonds. The standard InChI is InChI=1S/C22H30F2O2/c1-13(25)26-18-7-6-15-14-12-17-21(22(17,23)24)10-5-4-9-20(21,3)16(14)8-11-19(15,18)2/h5,10,14-18H,4,6-9,11-12H2,1-3H3/t14-,15-,16-,17+,18-,19-,20+,21+/m0/s1. The Bertz CT molecular complexity index is 688. The maximum atomic E-state index is 15.1. The number of rotatable bonds is 1. The first-order chi connectivity index (χ1) is 12.2. The van der Waals surface area contributed by atoms with Crippen LogP contribution in [0.5, 0.6) is 0 Å². The lowest BCUT2D eigenvalue weighted by Crippen LogP contribution is -2.54. The molecule has 26 heavy (non-hydrogen) atoms. The molecular weight excluding hydrogens is 334 g/mol. The number of halogens is 2. The van der Waals surface area contributed by atoms with Crippen LogP contribution in [-0.2, 0) is 9.53 Å². The lowest BCUT2D eigenvalue weighted by atomic mass is 9.45. The lowest BCUT2D eigenvalue weighted by Gasteiger charge is -2.58. The zero-order chi connectivity index (χ0) is 18.5. The SMILES string of the molecule is CC(=O)O[C@H]1CC[C@H]2[C@@H]3C[C@H]4C(F)(F)[C@]45C=CCC[C@]5(C)[C@H]3CC[C@]12C. The molecule has 0 aromatic heterocycles. The van der Waals surface area contributed by atoms with E-state index in [1.54, 1.807) is 0 Å². The van der Waals surface area contributed by atoms with Gasteiger partial charge in [-0.25, -0.2) is 8.78 Å². The summed E-state index contributed by atoms with van der Waals surface area (Å²) < 4.78 is 35.8. The summed E-state index contributed by atoms with van der Waals surface area (Å²) in [6.07, 6.45) is 10.3. The third-order valence-corrected chi connectivity index (χ3v) is 9.60. The van der Waals surface area contributed by atoms with Gasteiger partial charge in [0.15, 0.2) is 0 Å². The van der Waals surface area contributed by atoms with Crippen molar-refractivity contribution in [1.82, 2.24) is 0 Å². The van der Waals surface area contributed by atoms with Gasteiger partial charge in [0, 0.05) is 18.3 Å². The van der Waals surface area contributed by atoms with Gasteiger partial charge in [-0.05, 0) is 68.1 Å². The minimum atomic E-state index is -2.54. The topological polar surface area (TPSA) is 26.3 Å². The molecular formula is C22H30F2O2. The molecule has 0 aromatic carbocycles. The molecule has 4 fully saturated rings. The molecule has 0 N–H and O–H groups in total. The summed E-state index contributed by atoms with van der Waals surface area (Å²) in [5.41, 5.74) is -1.18. The zero-order valence-corrected chi connectivity index (χ0v) is 16.1. The third kappa shape index (κ3) is 1.71. The average Bonchev–Trinajstić information content (AvgIpc) is 2.86. The van der Waals surface area contributed by atoms with Gasteiger partial charge in [0.25, 0.3) is 5.92 Å². The molecule has 0 radical (unpaired) electrons. The van der Waals surface area contributed by atoms with Gasteiger partial charge in [-0.3, -0.25) is 4.79 Å². The predicted molar refractivity (Wildman–Crippen MR) is 94.6 cm³/mol. The number of fused-ring (bicyclic) bond motifs is 4. The largest absolute Gasteiger partial charge is 0.462 e. The number of carbonyl (C=O) groups excluding carboxylic acids is 1. The molecule has 0 bridgehead atoms. The van der Waals surface area contributed by atoms with Crippen LogP contribution in [0, 0.1) is 39.9 Å². The van der Waals surface area contributed by atoms with Gasteiger partial charge in [0.2, 0.25) is 0 Å². The quantitative estimate of drug-likeness (QED) is 0.462. The summed E-state index contributed by atoms with van der Waals surface area (Å²) in [4.78, 5) is 11.6. The van der Waals surface area contributed by atoms with Gasteiger partial charge in [-0.2, -0.15) is 0 Å². The summed E-state index contributed by atoms with van der Waals surface area (Å²) in [6, 6.07) is 0. The molecule has 5 aliphatic carbocycles. The zero-order valence-electron chi connectivity index (χ0n) is 16.1. The summed E-state index contributed by atoms with van der Waals surface area (Å²) in [7, 11) is 0. The van der Waals surface area contributed by atoms with Gasteiger partial charge in [0.05, 0.1) is 5.41 Å². The first-order valence-electron chi connectivity index (χ1n) is 10.4. The van der Waals surface area contributed by atoms with Crippen molar-refractivity contribution in [2.24, 2.45) is 39.9 Å². The summed E-state index contributed by atoms with van der Waals surface area (Å²) in [6.45, 7) is 5.91. The highest BCUT2D eigenvalue weighted by Gasteiger charge is 2.88. The normalized spacial score (nSPS) is 56.0. The molecule has 0 unspecified atom stereocenters. The number of hydrogen-bond acceptors (Lipinski definition) is 2. The Morgan fingerprint density at radius 2 is 1.88 bits per heavy atom. The van der Waals surface area contributed by atoms with Crippen LogP contribution < -0.4 is 0 Å². The summed E-state index contributed by atoms with van der Waals surface area (Å²) in [5, 5.41) is 0. The van der Waals surface area contributed by atoms with Crippen LogP contribution in [-0.4, -0.2) is 18.0 Å². The minimum absolute atomic E-state index is 0.0299. The first kappa shape index (κ1) is 17.2. The smallest absolute Gasteiger partial charge is 0.302 e. The molecule has 1 spiro atoms. The van der Waals surface area contributed by atoms with E-state index in [0.29, 0.717) is 24.2 Å². The Balaban J connectivity index is 1.52. The van der Waals surface area contributed by atoms with E-state index < -0.39 is 17.3 Å². The van der Waals surface area contributed by atoms with Crippen molar-refractivity contribution in [3.8, 4) is 0 Å². The fourth-order valence-corrected chi connectivity index (χ4v) is 8.40. The van der Waals surface area contributed by atoms with E-state index in [0.717, 1.165) is 38.5 Å². The molecule has 0 aliphatic heterocycles. The van der Waals surface area contributed by atoms with E-state index in [1.807, 2.05) is 12.2 Å². The third-order valence-electron chi connectivity index (χ3n) is 9.60. The highest BCUT2D eigenvalue weighted by Crippen LogP contribution is 2.84. The molecule has 5 aliphatic rings. The monoisotopic (exact) mass is 364 g/mol. The Hall–Kier alpha value is -0.930. The van der Waals surface area contributed by atoms with Crippen LogP contribution in [0.3, 0.4) is 0 Å². The molecule has 2 nitrogen and oxygen atoms in total. The predicted octanol–water partition coefficient (Wildman–Crippen LogP) is 5.37. The highest BCUT2D eigenvalue weighted by molar-refractivity contribution is 5.66. The molecule has 4 heteroatoms. The first-order valence-corrected chi connectivity index (χ1v) is 10.4. The molecule has 144 valence electrons. The van der Waals surface area contributed by atoms with Gasteiger partial charge < -0.3 is 4.74 Å². The minimum Gasteiger partial charge on any atom is -0.462 e. The van der Waals surface area contributed by atoms with Crippen molar-refractivity contribution >= 4 is 5.97 Å². The fraction of sp³-hybridized carbons (Fsp3) is 0.864. The van der Waals surface area contributed by atoms with E-state index in [-0.39, 0.29) is 22.9 Å². The van der Waals surface area contributed by atoms with Gasteiger partial charge in [0.1, 0.15) is 6.10 Å². The van der Waals surface area contributed by atoms with Crippen molar-refractivity contribution in [3.63, 3.8) is 0 Å². The van der Waals surface area contributed by atoms with Crippen LogP contribution in [0.25, 0.3) is 0 Å². The van der Waals surface area contributed by atoms with E-state index in [2.05, 4.69) is 13.8 Å². The van der Waals surface area contributed by atoms with Crippen LogP contribution in [0.2, 0.25) is 0 Å². The number of carbonyl (C=O) groups is 1. The average molecular weight is 364 g/mol. The van der Waals surface area contributed by atoms with Gasteiger partial charge in [-0.15, -0.1) is 0 Å². The van der Waals surface area contributed by atoms with Gasteiger partial charge >= 0.3 is 5.97 Å². The lowest BCUT2D eigenvalue weighted by molar-refractivity contribution is -0.160. The van der Waals surface area contributed by atoms with Crippen LogP contribution >= 0.6 is 0 Å². The maximum Gasteiger partial charge on any atom is 0.302 e. The molecule has 4 saturated carbocycles. The van der Waals surface area contributed by atoms with E-state index in [4.69, 9.17) is 4.74 Å². The second kappa shape index (κ2) is 4.91. The molecule has 5 rings (SSSR count). The molecule has 0 aromatic rings. The summed E-state index contributed by atoms with van der Waals surface area (Å²) in [5.74, 6) is -2.07. The second-order valence-corrected chi connectivity index (χ2v) is 10.2. The summed E-state index contributed by atoms with van der Waals surface area (Å²) >= 11 is 0. The van der Waals surface area contributed by atoms with Crippen molar-refractivity contribution < 1.29 is 18.3 Å². The molecule has 8 atom stereocenters. The van der Waals surface area contributed by atoms with E-state index in [1.165, 1.54) is 6.92 Å². The van der Waals surface area contributed by atoms with E-state index >= 15 is 8.78 Å². The van der Waals surface area contributed by atoms with Crippen molar-refractivity contribution in [1.29, 1.82) is 0 Å². The van der Waals surface area contributed by atoms with Crippen LogP contribution in [0.15, 0.2) is 12.2 Å². The van der Waals surface area contributed by atoms with Crippen molar-refractivity contribution in [2.45, 2.75) is 77.7 Å². The maximum absolute atomic E-state index is 15.1.